The van der Waals surface area contributed by atoms with Gasteiger partial charge in [-0.1, -0.05) is 17.7 Å². The molecule has 1 aromatic carbocycles. The van der Waals surface area contributed by atoms with Gasteiger partial charge in [-0.05, 0) is 31.5 Å². The zero-order valence-electron chi connectivity index (χ0n) is 10.3. The van der Waals surface area contributed by atoms with E-state index in [0.29, 0.717) is 12.0 Å². The first kappa shape index (κ1) is 12.8. The van der Waals surface area contributed by atoms with Crippen molar-refractivity contribution in [1.82, 2.24) is 5.43 Å². The van der Waals surface area contributed by atoms with Gasteiger partial charge in [0.1, 0.15) is 11.6 Å². The molecule has 0 saturated carbocycles. The Bertz CT molecular complexity index is 497. The summed E-state index contributed by atoms with van der Waals surface area (Å²) in [6, 6.07) is 8.58. The van der Waals surface area contributed by atoms with Crippen molar-refractivity contribution in [3.8, 4) is 0 Å². The van der Waals surface area contributed by atoms with Gasteiger partial charge in [0.2, 0.25) is 0 Å². The molecule has 96 valence electrons. The van der Waals surface area contributed by atoms with E-state index in [0.717, 1.165) is 17.7 Å². The van der Waals surface area contributed by atoms with Crippen LogP contribution in [0.4, 0.5) is 4.39 Å². The molecule has 2 rings (SSSR count). The van der Waals surface area contributed by atoms with Gasteiger partial charge in [-0.2, -0.15) is 0 Å². The van der Waals surface area contributed by atoms with E-state index in [-0.39, 0.29) is 11.9 Å². The Hall–Kier alpha value is -1.65. The third-order valence-corrected chi connectivity index (χ3v) is 2.99. The first-order valence-corrected chi connectivity index (χ1v) is 5.95. The zero-order valence-corrected chi connectivity index (χ0v) is 10.3. The van der Waals surface area contributed by atoms with Crippen LogP contribution in [0.3, 0.4) is 0 Å². The second-order valence-electron chi connectivity index (χ2n) is 4.36. The first-order chi connectivity index (χ1) is 8.70. The fourth-order valence-electron chi connectivity index (χ4n) is 2.00. The Morgan fingerprint density at radius 1 is 1.39 bits per heavy atom. The molecule has 18 heavy (non-hydrogen) atoms. The molecule has 1 atom stereocenters. The fourth-order valence-corrected chi connectivity index (χ4v) is 2.00. The monoisotopic (exact) mass is 248 g/mol. The van der Waals surface area contributed by atoms with E-state index < -0.39 is 0 Å². The van der Waals surface area contributed by atoms with Crippen LogP contribution in [0.1, 0.15) is 29.3 Å². The molecule has 2 aromatic rings. The zero-order chi connectivity index (χ0) is 13.0. The molecule has 1 heterocycles. The second kappa shape index (κ2) is 5.80. The number of aryl methyl sites for hydroxylation is 2. The molecule has 3 nitrogen and oxygen atoms in total. The Kier molecular flexibility index (Phi) is 4.12. The van der Waals surface area contributed by atoms with Gasteiger partial charge in [0.05, 0.1) is 6.26 Å². The molecule has 0 bridgehead atoms. The minimum absolute atomic E-state index is 0.213. The minimum Gasteiger partial charge on any atom is -0.469 e. The average molecular weight is 248 g/mol. The number of furan rings is 1. The van der Waals surface area contributed by atoms with Gasteiger partial charge in [-0.3, -0.25) is 11.3 Å². The molecule has 1 unspecified atom stereocenters. The maximum absolute atomic E-state index is 13.8. The van der Waals surface area contributed by atoms with Crippen LogP contribution in [-0.4, -0.2) is 0 Å². The lowest BCUT2D eigenvalue weighted by Gasteiger charge is -2.17. The third kappa shape index (κ3) is 2.97. The summed E-state index contributed by atoms with van der Waals surface area (Å²) in [6.45, 7) is 1.93. The number of nitrogens with one attached hydrogen (secondary N) is 1. The lowest BCUT2D eigenvalue weighted by Crippen LogP contribution is -2.29. The van der Waals surface area contributed by atoms with E-state index in [1.807, 2.05) is 25.1 Å². The maximum atomic E-state index is 13.8. The minimum atomic E-state index is -0.233. The Morgan fingerprint density at radius 3 is 2.89 bits per heavy atom. The average Bonchev–Trinajstić information content (AvgIpc) is 2.87. The van der Waals surface area contributed by atoms with E-state index in [9.17, 15) is 4.39 Å². The van der Waals surface area contributed by atoms with Crippen LogP contribution in [0.2, 0.25) is 0 Å². The van der Waals surface area contributed by atoms with Crippen LogP contribution in [0.15, 0.2) is 41.0 Å². The highest BCUT2D eigenvalue weighted by atomic mass is 19.1. The summed E-state index contributed by atoms with van der Waals surface area (Å²) in [5.41, 5.74) is 4.29. The largest absolute Gasteiger partial charge is 0.469 e. The summed E-state index contributed by atoms with van der Waals surface area (Å²) in [6.07, 6.45) is 3.03. The predicted molar refractivity (Wildman–Crippen MR) is 68.2 cm³/mol. The van der Waals surface area contributed by atoms with Gasteiger partial charge in [-0.15, -0.1) is 0 Å². The summed E-state index contributed by atoms with van der Waals surface area (Å²) in [7, 11) is 0. The molecule has 4 heteroatoms. The van der Waals surface area contributed by atoms with Crippen molar-refractivity contribution in [2.45, 2.75) is 25.8 Å². The molecule has 3 N–H and O–H groups in total. The highest BCUT2D eigenvalue weighted by Crippen LogP contribution is 2.22. The maximum Gasteiger partial charge on any atom is 0.128 e. The van der Waals surface area contributed by atoms with Crippen LogP contribution >= 0.6 is 0 Å². The summed E-state index contributed by atoms with van der Waals surface area (Å²) >= 11 is 0. The number of halogens is 1. The van der Waals surface area contributed by atoms with Crippen molar-refractivity contribution in [3.05, 3.63) is 59.3 Å². The normalized spacial score (nSPS) is 12.6. The molecule has 1 aromatic heterocycles. The third-order valence-electron chi connectivity index (χ3n) is 2.99. The van der Waals surface area contributed by atoms with Gasteiger partial charge in [0.25, 0.3) is 0 Å². The molecule has 0 saturated heterocycles. The van der Waals surface area contributed by atoms with E-state index in [4.69, 9.17) is 10.3 Å². The van der Waals surface area contributed by atoms with Gasteiger partial charge in [0.15, 0.2) is 0 Å². The van der Waals surface area contributed by atoms with Crippen molar-refractivity contribution in [3.63, 3.8) is 0 Å². The number of hydrogen-bond donors (Lipinski definition) is 2. The highest BCUT2D eigenvalue weighted by molar-refractivity contribution is 5.27. The van der Waals surface area contributed by atoms with E-state index >= 15 is 0 Å². The lowest BCUT2D eigenvalue weighted by molar-refractivity contribution is 0.446. The van der Waals surface area contributed by atoms with E-state index in [1.54, 1.807) is 12.3 Å². The molecule has 0 fully saturated rings. The smallest absolute Gasteiger partial charge is 0.128 e. The molecule has 0 aliphatic heterocycles. The number of hydrazine groups is 1. The Labute approximate surface area is 106 Å². The van der Waals surface area contributed by atoms with Crippen LogP contribution in [-0.2, 0) is 6.42 Å². The standard InChI is InChI=1S/C14H17FN2O/c1-10-4-6-13(15)12(9-10)14(17-16)7-5-11-3-2-8-18-11/h2-4,6,8-9,14,17H,5,7,16H2,1H3. The molecule has 0 amide bonds. The molecule has 0 aliphatic rings. The van der Waals surface area contributed by atoms with Crippen molar-refractivity contribution >= 4 is 0 Å². The quantitative estimate of drug-likeness (QED) is 0.632. The van der Waals surface area contributed by atoms with Crippen molar-refractivity contribution in [1.29, 1.82) is 0 Å². The van der Waals surface area contributed by atoms with Crippen molar-refractivity contribution < 1.29 is 8.81 Å². The molecular formula is C14H17FN2O. The first-order valence-electron chi connectivity index (χ1n) is 5.95. The summed E-state index contributed by atoms with van der Waals surface area (Å²) in [4.78, 5) is 0. The summed E-state index contributed by atoms with van der Waals surface area (Å²) in [5, 5.41) is 0. The van der Waals surface area contributed by atoms with Gasteiger partial charge in [-0.25, -0.2) is 4.39 Å². The SMILES string of the molecule is Cc1ccc(F)c(C(CCc2ccco2)NN)c1. The van der Waals surface area contributed by atoms with Crippen molar-refractivity contribution in [2.75, 3.05) is 0 Å². The van der Waals surface area contributed by atoms with Crippen LogP contribution in [0, 0.1) is 12.7 Å². The van der Waals surface area contributed by atoms with Crippen LogP contribution < -0.4 is 11.3 Å². The second-order valence-corrected chi connectivity index (χ2v) is 4.36. The number of nitrogens with two attached hydrogens (primary N) is 1. The van der Waals surface area contributed by atoms with Gasteiger partial charge in [0, 0.05) is 18.0 Å². The molecule has 0 aliphatic carbocycles. The van der Waals surface area contributed by atoms with Gasteiger partial charge < -0.3 is 4.42 Å². The van der Waals surface area contributed by atoms with Crippen molar-refractivity contribution in [2.24, 2.45) is 5.84 Å². The van der Waals surface area contributed by atoms with Gasteiger partial charge >= 0.3 is 0 Å². The van der Waals surface area contributed by atoms with E-state index in [1.165, 1.54) is 6.07 Å². The number of hydrogen-bond acceptors (Lipinski definition) is 3. The van der Waals surface area contributed by atoms with E-state index in [2.05, 4.69) is 5.43 Å². The summed E-state index contributed by atoms with van der Waals surface area (Å²) < 4.78 is 19.0. The molecular weight excluding hydrogens is 231 g/mol. The topological polar surface area (TPSA) is 51.2 Å². The van der Waals surface area contributed by atoms with Crippen LogP contribution in [0.5, 0.6) is 0 Å². The molecule has 0 radical (unpaired) electrons. The molecule has 0 spiro atoms. The number of benzene rings is 1. The fraction of sp³-hybridized carbons (Fsp3) is 0.286. The highest BCUT2D eigenvalue weighted by Gasteiger charge is 2.15. The van der Waals surface area contributed by atoms with Crippen LogP contribution in [0.25, 0.3) is 0 Å². The summed E-state index contributed by atoms with van der Waals surface area (Å²) in [5.74, 6) is 6.16. The number of rotatable bonds is 5. The lowest BCUT2D eigenvalue weighted by atomic mass is 9.99. The predicted octanol–water partition coefficient (Wildman–Crippen LogP) is 2.86. The Morgan fingerprint density at radius 2 is 2.22 bits per heavy atom. The Balaban J connectivity index is 2.10.